The van der Waals surface area contributed by atoms with E-state index < -0.39 is 23.9 Å². The van der Waals surface area contributed by atoms with E-state index in [1.54, 1.807) is 48.5 Å². The number of nitrogens with one attached hydrogen (secondary N) is 1. The largest absolute Gasteiger partial charge is 0.419 e. The number of pyridine rings is 1. The summed E-state index contributed by atoms with van der Waals surface area (Å²) in [5, 5.41) is 14.6. The van der Waals surface area contributed by atoms with Gasteiger partial charge >= 0.3 is 6.18 Å². The molecule has 1 aromatic heterocycles. The zero-order valence-corrected chi connectivity index (χ0v) is 17.1. The Morgan fingerprint density at radius 3 is 2.43 bits per heavy atom. The normalized spacial score (nSPS) is 12.6. The first-order valence-corrected chi connectivity index (χ1v) is 9.75. The molecular weight excluding hydrogens is 438 g/mol. The van der Waals surface area contributed by atoms with E-state index in [0.29, 0.717) is 22.2 Å². The number of anilines is 2. The van der Waals surface area contributed by atoms with Crippen molar-refractivity contribution in [2.45, 2.75) is 18.9 Å². The van der Waals surface area contributed by atoms with Crippen LogP contribution in [0.5, 0.6) is 0 Å². The van der Waals surface area contributed by atoms with Crippen LogP contribution in [0, 0.1) is 0 Å². The molecule has 0 aliphatic rings. The van der Waals surface area contributed by atoms with Crippen molar-refractivity contribution in [2.24, 2.45) is 0 Å². The zero-order valence-electron chi connectivity index (χ0n) is 15.6. The number of aliphatic hydroxyl groups is 1. The van der Waals surface area contributed by atoms with Crippen LogP contribution in [-0.4, -0.2) is 23.0 Å². The van der Waals surface area contributed by atoms with E-state index in [4.69, 9.17) is 23.2 Å². The maximum atomic E-state index is 13.5. The van der Waals surface area contributed by atoms with Crippen molar-refractivity contribution in [3.63, 3.8) is 0 Å². The Bertz CT molecular complexity index is 987. The fourth-order valence-corrected chi connectivity index (χ4v) is 3.43. The first kappa shape index (κ1) is 22.4. The van der Waals surface area contributed by atoms with Crippen molar-refractivity contribution >= 4 is 34.7 Å². The number of aliphatic hydroxyl groups excluding tert-OH is 1. The lowest BCUT2D eigenvalue weighted by Gasteiger charge is -2.31. The molecule has 2 aromatic carbocycles. The van der Waals surface area contributed by atoms with E-state index in [1.807, 2.05) is 0 Å². The Kier molecular flexibility index (Phi) is 7.20. The minimum atomic E-state index is -4.63. The fraction of sp³-hybridized carbons (Fsp3) is 0.190. The van der Waals surface area contributed by atoms with Gasteiger partial charge in [-0.25, -0.2) is 4.98 Å². The molecule has 3 rings (SSSR count). The minimum absolute atomic E-state index is 0.250. The number of rotatable bonds is 7. The number of para-hydroxylation sites is 1. The fourth-order valence-electron chi connectivity index (χ4n) is 2.93. The molecule has 0 fully saturated rings. The summed E-state index contributed by atoms with van der Waals surface area (Å²) >= 11 is 12.0. The monoisotopic (exact) mass is 455 g/mol. The van der Waals surface area contributed by atoms with Crippen molar-refractivity contribution in [2.75, 3.05) is 11.4 Å². The number of aromatic nitrogens is 1. The van der Waals surface area contributed by atoms with Gasteiger partial charge in [0.1, 0.15) is 5.82 Å². The first-order chi connectivity index (χ1) is 14.3. The lowest BCUT2D eigenvalue weighted by atomic mass is 10.1. The van der Waals surface area contributed by atoms with Crippen molar-refractivity contribution < 1.29 is 18.3 Å². The van der Waals surface area contributed by atoms with Gasteiger partial charge < -0.3 is 5.11 Å². The molecule has 0 saturated carbocycles. The zero-order chi connectivity index (χ0) is 21.7. The second kappa shape index (κ2) is 9.66. The molecule has 0 spiro atoms. The third kappa shape index (κ3) is 5.43. The summed E-state index contributed by atoms with van der Waals surface area (Å²) < 4.78 is 40.6. The maximum Gasteiger partial charge on any atom is 0.419 e. The number of nitrogens with zero attached hydrogens (tertiary/aromatic N) is 2. The van der Waals surface area contributed by atoms with E-state index in [2.05, 4.69) is 10.3 Å². The number of hydrogen-bond acceptors (Lipinski definition) is 4. The standard InChI is InChI=1S/C21H18Cl2F3N3O/c22-15-9-8-14(18(23)13-15)10-12-28-20(30)29(16-5-2-1-3-6-16)19-17(21(24,25)26)7-4-11-27-19/h1-9,11,13,20,28,30H,10,12H2/t20-/m0/s1. The molecule has 1 atom stereocenters. The quantitative estimate of drug-likeness (QED) is 0.451. The highest BCUT2D eigenvalue weighted by Gasteiger charge is 2.37. The van der Waals surface area contributed by atoms with Crippen molar-refractivity contribution in [3.05, 3.63) is 88.0 Å². The molecular formula is C21H18Cl2F3N3O. The van der Waals surface area contributed by atoms with Gasteiger partial charge in [0.2, 0.25) is 0 Å². The Morgan fingerprint density at radius 2 is 1.77 bits per heavy atom. The lowest BCUT2D eigenvalue weighted by molar-refractivity contribution is -0.137. The van der Waals surface area contributed by atoms with Crippen LogP contribution in [0.25, 0.3) is 0 Å². The molecule has 0 unspecified atom stereocenters. The summed E-state index contributed by atoms with van der Waals surface area (Å²) in [5.41, 5.74) is 0.197. The van der Waals surface area contributed by atoms with Crippen LogP contribution in [0.2, 0.25) is 10.0 Å². The second-order valence-corrected chi connectivity index (χ2v) is 7.24. The minimum Gasteiger partial charge on any atom is -0.360 e. The molecule has 0 saturated heterocycles. The SMILES string of the molecule is O[C@@H](NCCc1ccc(Cl)cc1Cl)N(c1ccccc1)c1ncccc1C(F)(F)F. The van der Waals surface area contributed by atoms with Gasteiger partial charge in [-0.15, -0.1) is 0 Å². The van der Waals surface area contributed by atoms with Crippen molar-refractivity contribution in [1.29, 1.82) is 0 Å². The van der Waals surface area contributed by atoms with Crippen LogP contribution in [0.4, 0.5) is 24.7 Å². The predicted octanol–water partition coefficient (Wildman–Crippen LogP) is 5.65. The van der Waals surface area contributed by atoms with Crippen LogP contribution in [0.15, 0.2) is 66.9 Å². The van der Waals surface area contributed by atoms with Crippen LogP contribution in [0.1, 0.15) is 11.1 Å². The van der Waals surface area contributed by atoms with Crippen molar-refractivity contribution in [3.8, 4) is 0 Å². The van der Waals surface area contributed by atoms with Crippen molar-refractivity contribution in [1.82, 2.24) is 10.3 Å². The third-order valence-corrected chi connectivity index (χ3v) is 4.92. The average Bonchev–Trinajstić information content (AvgIpc) is 2.70. The summed E-state index contributed by atoms with van der Waals surface area (Å²) in [6, 6.07) is 15.4. The Morgan fingerprint density at radius 1 is 1.03 bits per heavy atom. The van der Waals surface area contributed by atoms with Gasteiger partial charge in [0.25, 0.3) is 0 Å². The predicted molar refractivity (Wildman–Crippen MR) is 112 cm³/mol. The van der Waals surface area contributed by atoms with Gasteiger partial charge in [0.05, 0.1) is 5.56 Å². The van der Waals surface area contributed by atoms with E-state index in [-0.39, 0.29) is 6.54 Å². The Labute approximate surface area is 181 Å². The highest BCUT2D eigenvalue weighted by atomic mass is 35.5. The van der Waals surface area contributed by atoms with Gasteiger partial charge in [-0.2, -0.15) is 13.2 Å². The van der Waals surface area contributed by atoms with Gasteiger partial charge in [-0.05, 0) is 48.4 Å². The molecule has 3 aromatic rings. The highest BCUT2D eigenvalue weighted by molar-refractivity contribution is 6.35. The average molecular weight is 456 g/mol. The molecule has 30 heavy (non-hydrogen) atoms. The molecule has 0 aliphatic heterocycles. The van der Waals surface area contributed by atoms with Crippen LogP contribution < -0.4 is 10.2 Å². The highest BCUT2D eigenvalue weighted by Crippen LogP contribution is 2.38. The molecule has 158 valence electrons. The van der Waals surface area contributed by atoms with E-state index in [9.17, 15) is 18.3 Å². The molecule has 9 heteroatoms. The Balaban J connectivity index is 1.85. The number of benzene rings is 2. The van der Waals surface area contributed by atoms with Gasteiger partial charge in [0, 0.05) is 28.5 Å². The summed E-state index contributed by atoms with van der Waals surface area (Å²) in [6.45, 7) is 0.250. The second-order valence-electron chi connectivity index (χ2n) is 6.39. The molecule has 0 bridgehead atoms. The van der Waals surface area contributed by atoms with Crippen LogP contribution in [-0.2, 0) is 12.6 Å². The summed E-state index contributed by atoms with van der Waals surface area (Å²) in [5.74, 6) is -0.402. The topological polar surface area (TPSA) is 48.4 Å². The molecule has 0 aliphatic carbocycles. The lowest BCUT2D eigenvalue weighted by Crippen LogP contribution is -2.45. The molecule has 1 heterocycles. The third-order valence-electron chi connectivity index (χ3n) is 4.34. The van der Waals surface area contributed by atoms with Gasteiger partial charge in [0.15, 0.2) is 6.35 Å². The summed E-state index contributed by atoms with van der Waals surface area (Å²) in [4.78, 5) is 5.01. The molecule has 0 radical (unpaired) electrons. The smallest absolute Gasteiger partial charge is 0.360 e. The number of alkyl halides is 3. The van der Waals surface area contributed by atoms with Gasteiger partial charge in [-0.1, -0.05) is 47.5 Å². The molecule has 4 nitrogen and oxygen atoms in total. The number of halogens is 5. The van der Waals surface area contributed by atoms with Crippen LogP contribution in [0.3, 0.4) is 0 Å². The molecule has 0 amide bonds. The summed E-state index contributed by atoms with van der Waals surface area (Å²) in [7, 11) is 0. The Hall–Kier alpha value is -2.32. The van der Waals surface area contributed by atoms with E-state index in [1.165, 1.54) is 12.3 Å². The van der Waals surface area contributed by atoms with E-state index >= 15 is 0 Å². The number of hydrogen-bond donors (Lipinski definition) is 2. The first-order valence-electron chi connectivity index (χ1n) is 8.99. The van der Waals surface area contributed by atoms with E-state index in [0.717, 1.165) is 16.5 Å². The summed E-state index contributed by atoms with van der Waals surface area (Å²) in [6.07, 6.45) is -4.41. The van der Waals surface area contributed by atoms with Crippen LogP contribution >= 0.6 is 23.2 Å². The maximum absolute atomic E-state index is 13.5. The van der Waals surface area contributed by atoms with Gasteiger partial charge in [-0.3, -0.25) is 10.2 Å². The molecule has 2 N–H and O–H groups in total.